The number of aromatic hydroxyl groups is 1. The fourth-order valence-electron chi connectivity index (χ4n) is 2.53. The lowest BCUT2D eigenvalue weighted by Gasteiger charge is -2.14. The summed E-state index contributed by atoms with van der Waals surface area (Å²) in [6, 6.07) is 4.07. The molecule has 1 aromatic carbocycles. The Morgan fingerprint density at radius 2 is 1.81 bits per heavy atom. The number of hydrogen-bond acceptors (Lipinski definition) is 5. The highest BCUT2D eigenvalue weighted by Crippen LogP contribution is 2.40. The van der Waals surface area contributed by atoms with Crippen molar-refractivity contribution >= 4 is 62.0 Å². The van der Waals surface area contributed by atoms with Gasteiger partial charge in [-0.15, -0.1) is 11.3 Å². The van der Waals surface area contributed by atoms with Gasteiger partial charge >= 0.3 is 6.03 Å². The summed E-state index contributed by atoms with van der Waals surface area (Å²) in [5, 5.41) is 17.0. The van der Waals surface area contributed by atoms with Crippen LogP contribution >= 0.6 is 34.5 Å². The number of amides is 2. The van der Waals surface area contributed by atoms with Crippen LogP contribution in [0.15, 0.2) is 27.8 Å². The zero-order valence-electron chi connectivity index (χ0n) is 13.3. The Balaban J connectivity index is 1.76. The van der Waals surface area contributed by atoms with Gasteiger partial charge in [0.1, 0.15) is 0 Å². The van der Waals surface area contributed by atoms with Crippen LogP contribution in [0.1, 0.15) is 12.8 Å². The summed E-state index contributed by atoms with van der Waals surface area (Å²) in [6.45, 7) is 0.854. The third-order valence-electron chi connectivity index (χ3n) is 3.82. The van der Waals surface area contributed by atoms with Crippen LogP contribution in [0, 0.1) is 0 Å². The lowest BCUT2D eigenvalue weighted by molar-refractivity contribution is 0.262. The Morgan fingerprint density at radius 1 is 1.15 bits per heavy atom. The van der Waals surface area contributed by atoms with Gasteiger partial charge in [-0.1, -0.05) is 29.3 Å². The van der Waals surface area contributed by atoms with E-state index in [1.165, 1.54) is 9.69 Å². The first-order chi connectivity index (χ1) is 12.3. The van der Waals surface area contributed by atoms with Gasteiger partial charge in [-0.2, -0.15) is 4.31 Å². The van der Waals surface area contributed by atoms with Crippen molar-refractivity contribution in [3.05, 3.63) is 33.6 Å². The molecule has 1 aliphatic rings. The molecule has 0 atom stereocenters. The molecule has 26 heavy (non-hydrogen) atoms. The van der Waals surface area contributed by atoms with Gasteiger partial charge in [-0.05, 0) is 25.0 Å². The molecule has 0 unspecified atom stereocenters. The minimum atomic E-state index is -3.76. The van der Waals surface area contributed by atoms with Crippen molar-refractivity contribution in [1.29, 1.82) is 0 Å². The average Bonchev–Trinajstić information content (AvgIpc) is 3.23. The summed E-state index contributed by atoms with van der Waals surface area (Å²) >= 11 is 12.7. The van der Waals surface area contributed by atoms with Crippen molar-refractivity contribution in [3.8, 4) is 5.75 Å². The van der Waals surface area contributed by atoms with Crippen molar-refractivity contribution in [2.45, 2.75) is 17.1 Å². The molecule has 0 bridgehead atoms. The van der Waals surface area contributed by atoms with E-state index in [-0.39, 0.29) is 25.6 Å². The summed E-state index contributed by atoms with van der Waals surface area (Å²) in [4.78, 5) is 12.1. The van der Waals surface area contributed by atoms with Gasteiger partial charge in [-0.3, -0.25) is 0 Å². The molecule has 140 valence electrons. The lowest BCUT2D eigenvalue weighted by Crippen LogP contribution is -2.27. The van der Waals surface area contributed by atoms with Crippen molar-refractivity contribution < 1.29 is 18.3 Å². The van der Waals surface area contributed by atoms with Crippen LogP contribution in [-0.4, -0.2) is 37.0 Å². The second-order valence-electron chi connectivity index (χ2n) is 5.58. The zero-order valence-corrected chi connectivity index (χ0v) is 16.5. The minimum absolute atomic E-state index is 0.00317. The van der Waals surface area contributed by atoms with Gasteiger partial charge in [0.05, 0.1) is 21.4 Å². The number of carbonyl (C=O) groups is 1. The Labute approximate surface area is 164 Å². The third kappa shape index (κ3) is 3.77. The molecule has 7 nitrogen and oxygen atoms in total. The van der Waals surface area contributed by atoms with Crippen LogP contribution in [0.4, 0.5) is 16.2 Å². The molecule has 0 radical (unpaired) electrons. The van der Waals surface area contributed by atoms with E-state index < -0.39 is 21.8 Å². The maximum Gasteiger partial charge on any atom is 0.323 e. The van der Waals surface area contributed by atoms with Crippen LogP contribution < -0.4 is 10.6 Å². The standard InChI is InChI=1S/C15H15Cl2N3O4S2/c16-9-4-3-5-10(12(9)17)18-15(22)19-11-8-25-14(13(11)21)26(23,24)20-6-1-2-7-20/h3-5,8,21H,1-2,6-7H2,(H2,18,19,22). The quantitative estimate of drug-likeness (QED) is 0.670. The van der Waals surface area contributed by atoms with Crippen LogP contribution in [0.2, 0.25) is 10.0 Å². The first-order valence-corrected chi connectivity index (χ1v) is 10.7. The summed E-state index contributed by atoms with van der Waals surface area (Å²) in [6.07, 6.45) is 1.58. The number of anilines is 2. The third-order valence-corrected chi connectivity index (χ3v) is 8.03. The van der Waals surface area contributed by atoms with E-state index in [4.69, 9.17) is 23.2 Å². The number of urea groups is 1. The zero-order chi connectivity index (χ0) is 18.9. The van der Waals surface area contributed by atoms with Gasteiger partial charge in [0.2, 0.25) is 0 Å². The van der Waals surface area contributed by atoms with Gasteiger partial charge in [-0.25, -0.2) is 13.2 Å². The molecule has 2 aromatic rings. The summed E-state index contributed by atoms with van der Waals surface area (Å²) in [5.41, 5.74) is 0.291. The average molecular weight is 436 g/mol. The van der Waals surface area contributed by atoms with E-state index in [0.717, 1.165) is 24.2 Å². The molecule has 11 heteroatoms. The second-order valence-corrected chi connectivity index (χ2v) is 9.38. The van der Waals surface area contributed by atoms with E-state index in [1.807, 2.05) is 0 Å². The van der Waals surface area contributed by atoms with E-state index in [9.17, 15) is 18.3 Å². The molecular weight excluding hydrogens is 421 g/mol. The molecule has 2 heterocycles. The van der Waals surface area contributed by atoms with Gasteiger partial charge in [0, 0.05) is 18.5 Å². The predicted octanol–water partition coefficient (Wildman–Crippen LogP) is 4.19. The second kappa shape index (κ2) is 7.61. The predicted molar refractivity (Wildman–Crippen MR) is 103 cm³/mol. The molecule has 0 saturated carbocycles. The fourth-order valence-corrected chi connectivity index (χ4v) is 5.77. The summed E-state index contributed by atoms with van der Waals surface area (Å²) in [7, 11) is -3.76. The van der Waals surface area contributed by atoms with Crippen LogP contribution in [0.25, 0.3) is 0 Å². The number of hydrogen-bond donors (Lipinski definition) is 3. The van der Waals surface area contributed by atoms with Crippen LogP contribution in [0.5, 0.6) is 5.75 Å². The SMILES string of the molecule is O=C(Nc1csc(S(=O)(=O)N2CCCC2)c1O)Nc1cccc(Cl)c1Cl. The Kier molecular flexibility index (Phi) is 5.64. The van der Waals surface area contributed by atoms with E-state index in [1.54, 1.807) is 18.2 Å². The number of nitrogens with zero attached hydrogens (tertiary/aromatic N) is 1. The molecule has 3 N–H and O–H groups in total. The fraction of sp³-hybridized carbons (Fsp3) is 0.267. The van der Waals surface area contributed by atoms with E-state index in [0.29, 0.717) is 13.1 Å². The Bertz CT molecular complexity index is 940. The molecule has 0 spiro atoms. The number of sulfonamides is 1. The topological polar surface area (TPSA) is 98.7 Å². The van der Waals surface area contributed by atoms with Crippen LogP contribution in [-0.2, 0) is 10.0 Å². The van der Waals surface area contributed by atoms with Crippen LogP contribution in [0.3, 0.4) is 0 Å². The monoisotopic (exact) mass is 435 g/mol. The molecule has 1 saturated heterocycles. The molecular formula is C15H15Cl2N3O4S2. The van der Waals surface area contributed by atoms with E-state index >= 15 is 0 Å². The maximum atomic E-state index is 12.5. The van der Waals surface area contributed by atoms with E-state index in [2.05, 4.69) is 10.6 Å². The number of halogens is 2. The number of carbonyl (C=O) groups excluding carboxylic acids is 1. The number of rotatable bonds is 4. The van der Waals surface area contributed by atoms with Gasteiger partial charge in [0.25, 0.3) is 10.0 Å². The molecule has 3 rings (SSSR count). The number of thiophene rings is 1. The highest BCUT2D eigenvalue weighted by molar-refractivity contribution is 7.91. The Hall–Kier alpha value is -1.52. The highest BCUT2D eigenvalue weighted by atomic mass is 35.5. The maximum absolute atomic E-state index is 12.5. The van der Waals surface area contributed by atoms with Crippen molar-refractivity contribution in [2.75, 3.05) is 23.7 Å². The Morgan fingerprint density at radius 3 is 2.50 bits per heavy atom. The molecule has 0 aliphatic carbocycles. The molecule has 2 amide bonds. The number of benzene rings is 1. The van der Waals surface area contributed by atoms with Crippen molar-refractivity contribution in [3.63, 3.8) is 0 Å². The minimum Gasteiger partial charge on any atom is -0.504 e. The molecule has 1 fully saturated rings. The first kappa shape index (κ1) is 19.2. The highest BCUT2D eigenvalue weighted by Gasteiger charge is 2.32. The normalized spacial score (nSPS) is 15.2. The van der Waals surface area contributed by atoms with Gasteiger partial charge in [0.15, 0.2) is 9.96 Å². The van der Waals surface area contributed by atoms with Gasteiger partial charge < -0.3 is 15.7 Å². The molecule has 1 aliphatic heterocycles. The summed E-state index contributed by atoms with van der Waals surface area (Å²) < 4.78 is 26.2. The lowest BCUT2D eigenvalue weighted by atomic mass is 10.3. The smallest absolute Gasteiger partial charge is 0.323 e. The summed E-state index contributed by atoms with van der Waals surface area (Å²) in [5.74, 6) is -0.478. The van der Waals surface area contributed by atoms with Crippen molar-refractivity contribution in [2.24, 2.45) is 0 Å². The number of nitrogens with one attached hydrogen (secondary N) is 2. The van der Waals surface area contributed by atoms with Crippen molar-refractivity contribution in [1.82, 2.24) is 4.31 Å². The largest absolute Gasteiger partial charge is 0.504 e. The first-order valence-electron chi connectivity index (χ1n) is 7.63. The molecule has 1 aromatic heterocycles.